The summed E-state index contributed by atoms with van der Waals surface area (Å²) in [7, 11) is 0. The van der Waals surface area contributed by atoms with Gasteiger partial charge in [-0.1, -0.05) is 12.1 Å². The van der Waals surface area contributed by atoms with E-state index in [1.165, 1.54) is 12.1 Å². The molecule has 0 saturated carbocycles. The van der Waals surface area contributed by atoms with Crippen LogP contribution in [0.5, 0.6) is 5.75 Å². The van der Waals surface area contributed by atoms with E-state index >= 15 is 0 Å². The number of para-hydroxylation sites is 1. The molecule has 0 aliphatic rings. The minimum absolute atomic E-state index is 0.0760. The summed E-state index contributed by atoms with van der Waals surface area (Å²) in [5.74, 6) is -0.674. The van der Waals surface area contributed by atoms with Crippen LogP contribution in [0, 0.1) is 0 Å². The van der Waals surface area contributed by atoms with Gasteiger partial charge in [0.1, 0.15) is 5.75 Å². The number of benzene rings is 1. The number of nitrogen functional groups attached to an aromatic ring is 1. The van der Waals surface area contributed by atoms with Crippen molar-refractivity contribution in [2.24, 2.45) is 0 Å². The van der Waals surface area contributed by atoms with Crippen molar-refractivity contribution in [2.45, 2.75) is 6.18 Å². The number of anilines is 1. The highest BCUT2D eigenvalue weighted by Crippen LogP contribution is 2.33. The quantitative estimate of drug-likeness (QED) is 0.821. The second-order valence-electron chi connectivity index (χ2n) is 3.51. The Kier molecular flexibility index (Phi) is 2.82. The third-order valence-corrected chi connectivity index (χ3v) is 2.21. The Morgan fingerprint density at radius 3 is 2.39 bits per heavy atom. The highest BCUT2D eigenvalue weighted by molar-refractivity contribution is 5.67. The van der Waals surface area contributed by atoms with Gasteiger partial charge < -0.3 is 10.8 Å². The zero-order valence-corrected chi connectivity index (χ0v) is 8.94. The Hall–Kier alpha value is -2.31. The molecular weight excluding hydrogens is 247 g/mol. The second kappa shape index (κ2) is 4.17. The highest BCUT2D eigenvalue weighted by atomic mass is 19.4. The average Bonchev–Trinajstić information content (AvgIpc) is 2.27. The molecule has 94 valence electrons. The number of aromatic nitrogens is 2. The van der Waals surface area contributed by atoms with Crippen molar-refractivity contribution in [3.05, 3.63) is 36.0 Å². The Morgan fingerprint density at radius 1 is 1.11 bits per heavy atom. The van der Waals surface area contributed by atoms with Crippen LogP contribution in [-0.2, 0) is 6.18 Å². The molecule has 4 nitrogen and oxygen atoms in total. The first kappa shape index (κ1) is 12.2. The van der Waals surface area contributed by atoms with Crippen LogP contribution in [0.15, 0.2) is 30.3 Å². The topological polar surface area (TPSA) is 72.0 Å². The van der Waals surface area contributed by atoms with E-state index in [2.05, 4.69) is 9.97 Å². The predicted octanol–water partition coefficient (Wildman–Crippen LogP) is 2.45. The number of phenolic OH excluding ortho intramolecular Hbond substituents is 1. The fourth-order valence-electron chi connectivity index (χ4n) is 1.44. The van der Waals surface area contributed by atoms with E-state index in [0.717, 1.165) is 6.07 Å². The molecule has 0 unspecified atom stereocenters. The van der Waals surface area contributed by atoms with Gasteiger partial charge in [-0.2, -0.15) is 13.2 Å². The van der Waals surface area contributed by atoms with Gasteiger partial charge in [0.25, 0.3) is 0 Å². The normalized spacial score (nSPS) is 11.5. The van der Waals surface area contributed by atoms with Crippen LogP contribution in [0.2, 0.25) is 0 Å². The maximum Gasteiger partial charge on any atom is 0.433 e. The Labute approximate surface area is 99.9 Å². The van der Waals surface area contributed by atoms with Gasteiger partial charge in [0, 0.05) is 5.56 Å². The summed E-state index contributed by atoms with van der Waals surface area (Å²) in [4.78, 5) is 6.81. The Balaban J connectivity index is 2.60. The summed E-state index contributed by atoms with van der Waals surface area (Å²) in [5.41, 5.74) is 4.18. The first-order chi connectivity index (χ1) is 8.38. The zero-order chi connectivity index (χ0) is 13.3. The third kappa shape index (κ3) is 2.34. The molecule has 1 heterocycles. The first-order valence-electron chi connectivity index (χ1n) is 4.88. The van der Waals surface area contributed by atoms with Gasteiger partial charge in [-0.25, -0.2) is 9.97 Å². The monoisotopic (exact) mass is 255 g/mol. The molecule has 0 amide bonds. The van der Waals surface area contributed by atoms with Gasteiger partial charge in [0.15, 0.2) is 5.69 Å². The van der Waals surface area contributed by atoms with Crippen molar-refractivity contribution < 1.29 is 18.3 Å². The smallest absolute Gasteiger partial charge is 0.433 e. The lowest BCUT2D eigenvalue weighted by atomic mass is 10.1. The molecular formula is C11H8F3N3O. The standard InChI is InChI=1S/C11H8F3N3O/c12-11(13,14)9-5-7(16-10(15)17-9)6-3-1-2-4-8(6)18/h1-5,18H,(H2,15,16,17). The third-order valence-electron chi connectivity index (χ3n) is 2.21. The molecule has 2 aromatic rings. The van der Waals surface area contributed by atoms with Crippen molar-refractivity contribution in [2.75, 3.05) is 5.73 Å². The van der Waals surface area contributed by atoms with Crippen molar-refractivity contribution in [3.8, 4) is 17.0 Å². The summed E-state index contributed by atoms with van der Waals surface area (Å²) in [6.07, 6.45) is -4.61. The van der Waals surface area contributed by atoms with Crippen LogP contribution in [0.25, 0.3) is 11.3 Å². The van der Waals surface area contributed by atoms with Gasteiger partial charge >= 0.3 is 6.18 Å². The molecule has 1 aromatic carbocycles. The number of hydrogen-bond donors (Lipinski definition) is 2. The van der Waals surface area contributed by atoms with E-state index in [4.69, 9.17) is 5.73 Å². The maximum atomic E-state index is 12.6. The maximum absolute atomic E-state index is 12.6. The van der Waals surface area contributed by atoms with Crippen LogP contribution < -0.4 is 5.73 Å². The average molecular weight is 255 g/mol. The summed E-state index contributed by atoms with van der Waals surface area (Å²) in [6, 6.07) is 6.65. The largest absolute Gasteiger partial charge is 0.507 e. The van der Waals surface area contributed by atoms with Crippen LogP contribution >= 0.6 is 0 Å². The van der Waals surface area contributed by atoms with Gasteiger partial charge in [-0.15, -0.1) is 0 Å². The summed E-state index contributed by atoms with van der Waals surface area (Å²) < 4.78 is 37.7. The molecule has 18 heavy (non-hydrogen) atoms. The molecule has 1 aromatic heterocycles. The molecule has 0 aliphatic heterocycles. The lowest BCUT2D eigenvalue weighted by molar-refractivity contribution is -0.141. The molecule has 0 radical (unpaired) electrons. The number of nitrogens with two attached hydrogens (primary N) is 1. The SMILES string of the molecule is Nc1nc(-c2ccccc2O)cc(C(F)(F)F)n1. The van der Waals surface area contributed by atoms with E-state index in [0.29, 0.717) is 0 Å². The fraction of sp³-hybridized carbons (Fsp3) is 0.0909. The van der Waals surface area contributed by atoms with Crippen molar-refractivity contribution in [1.29, 1.82) is 0 Å². The number of aromatic hydroxyl groups is 1. The summed E-state index contributed by atoms with van der Waals surface area (Å²) in [5, 5.41) is 9.57. The molecule has 0 aliphatic carbocycles. The predicted molar refractivity (Wildman–Crippen MR) is 58.5 cm³/mol. The number of phenols is 1. The minimum atomic E-state index is -4.61. The highest BCUT2D eigenvalue weighted by Gasteiger charge is 2.33. The lowest BCUT2D eigenvalue weighted by Gasteiger charge is -2.09. The van der Waals surface area contributed by atoms with Gasteiger partial charge in [0.05, 0.1) is 5.69 Å². The van der Waals surface area contributed by atoms with Crippen LogP contribution in [-0.4, -0.2) is 15.1 Å². The lowest BCUT2D eigenvalue weighted by Crippen LogP contribution is -2.11. The van der Waals surface area contributed by atoms with Crippen LogP contribution in [0.4, 0.5) is 19.1 Å². The second-order valence-corrected chi connectivity index (χ2v) is 3.51. The summed E-state index contributed by atoms with van der Waals surface area (Å²) >= 11 is 0. The summed E-state index contributed by atoms with van der Waals surface area (Å²) in [6.45, 7) is 0. The molecule has 0 atom stereocenters. The number of alkyl halides is 3. The molecule has 0 bridgehead atoms. The van der Waals surface area contributed by atoms with Crippen molar-refractivity contribution in [3.63, 3.8) is 0 Å². The number of nitrogens with zero attached hydrogens (tertiary/aromatic N) is 2. The molecule has 0 saturated heterocycles. The fourth-order valence-corrected chi connectivity index (χ4v) is 1.44. The Morgan fingerprint density at radius 2 is 1.78 bits per heavy atom. The van der Waals surface area contributed by atoms with Crippen LogP contribution in [0.3, 0.4) is 0 Å². The van der Waals surface area contributed by atoms with Crippen molar-refractivity contribution >= 4 is 5.95 Å². The molecule has 0 fully saturated rings. The Bertz CT molecular complexity index is 584. The molecule has 7 heteroatoms. The molecule has 2 rings (SSSR count). The number of rotatable bonds is 1. The molecule has 0 spiro atoms. The first-order valence-corrected chi connectivity index (χ1v) is 4.88. The van der Waals surface area contributed by atoms with E-state index in [9.17, 15) is 18.3 Å². The minimum Gasteiger partial charge on any atom is -0.507 e. The number of halogens is 3. The van der Waals surface area contributed by atoms with Crippen LogP contribution in [0.1, 0.15) is 5.69 Å². The van der Waals surface area contributed by atoms with Gasteiger partial charge in [-0.3, -0.25) is 0 Å². The number of hydrogen-bond acceptors (Lipinski definition) is 4. The van der Waals surface area contributed by atoms with Gasteiger partial charge in [-0.05, 0) is 18.2 Å². The van der Waals surface area contributed by atoms with Gasteiger partial charge in [0.2, 0.25) is 5.95 Å². The van der Waals surface area contributed by atoms with E-state index < -0.39 is 17.8 Å². The van der Waals surface area contributed by atoms with E-state index in [1.807, 2.05) is 0 Å². The van der Waals surface area contributed by atoms with E-state index in [1.54, 1.807) is 12.1 Å². The molecule has 3 N–H and O–H groups in total. The zero-order valence-electron chi connectivity index (χ0n) is 8.94. The van der Waals surface area contributed by atoms with E-state index in [-0.39, 0.29) is 17.0 Å². The van der Waals surface area contributed by atoms with Crippen molar-refractivity contribution in [1.82, 2.24) is 9.97 Å².